The van der Waals surface area contributed by atoms with E-state index < -0.39 is 29.1 Å². The lowest BCUT2D eigenvalue weighted by atomic mass is 10.0. The molecular weight excluding hydrogens is 493 g/mol. The number of aliphatic hydroxyl groups is 1. The van der Waals surface area contributed by atoms with E-state index in [1.165, 1.54) is 12.1 Å². The fourth-order valence-corrected chi connectivity index (χ4v) is 5.30. The molecule has 34 heavy (non-hydrogen) atoms. The molecule has 2 aliphatic rings. The molecule has 3 aromatic rings. The summed E-state index contributed by atoms with van der Waals surface area (Å²) in [6.45, 7) is 0.457. The van der Waals surface area contributed by atoms with Crippen molar-refractivity contribution in [1.82, 2.24) is 10.5 Å². The summed E-state index contributed by atoms with van der Waals surface area (Å²) >= 11 is 6.34. The van der Waals surface area contributed by atoms with Gasteiger partial charge < -0.3 is 5.11 Å². The van der Waals surface area contributed by atoms with Crippen LogP contribution in [0.5, 0.6) is 0 Å². The molecule has 176 valence electrons. The number of halogens is 4. The van der Waals surface area contributed by atoms with Crippen LogP contribution in [0.3, 0.4) is 0 Å². The number of nitrogens with one attached hydrogen (secondary N) is 1. The number of fused-ring (bicyclic) bond motifs is 1. The molecule has 3 heterocycles. The summed E-state index contributed by atoms with van der Waals surface area (Å²) < 4.78 is 53.4. The minimum atomic E-state index is -4.39. The van der Waals surface area contributed by atoms with Crippen LogP contribution in [0, 0.1) is 0 Å². The SMILES string of the molecule is O=S(c1ccc(C2=NC(O)ON2)c(Cl)c1)N1CCc2cc(-c3ccc(C(F)(F)F)cc3)cnc21. The highest BCUT2D eigenvalue weighted by Crippen LogP contribution is 2.35. The van der Waals surface area contributed by atoms with Gasteiger partial charge in [-0.15, -0.1) is 0 Å². The van der Waals surface area contributed by atoms with E-state index in [4.69, 9.17) is 16.4 Å². The first-order valence-electron chi connectivity index (χ1n) is 10.0. The molecule has 0 fully saturated rings. The smallest absolute Gasteiger partial charge is 0.348 e. The number of rotatable bonds is 4. The van der Waals surface area contributed by atoms with E-state index in [-0.39, 0.29) is 10.9 Å². The van der Waals surface area contributed by atoms with E-state index >= 15 is 0 Å². The van der Waals surface area contributed by atoms with E-state index in [1.807, 2.05) is 6.07 Å². The van der Waals surface area contributed by atoms with Gasteiger partial charge in [0.05, 0.1) is 15.5 Å². The first kappa shape index (κ1) is 22.8. The third-order valence-electron chi connectivity index (χ3n) is 5.41. The van der Waals surface area contributed by atoms with Crippen LogP contribution < -0.4 is 9.79 Å². The Bertz CT molecular complexity index is 1320. The van der Waals surface area contributed by atoms with Gasteiger partial charge >= 0.3 is 6.18 Å². The second kappa shape index (κ2) is 8.66. The molecule has 2 N–H and O–H groups in total. The highest BCUT2D eigenvalue weighted by molar-refractivity contribution is 7.86. The molecular formula is C22H16ClF3N4O3S. The largest absolute Gasteiger partial charge is 0.416 e. The Labute approximate surface area is 199 Å². The van der Waals surface area contributed by atoms with Crippen LogP contribution in [0.1, 0.15) is 16.7 Å². The van der Waals surface area contributed by atoms with Gasteiger partial charge in [-0.25, -0.2) is 24.5 Å². The average molecular weight is 509 g/mol. The molecule has 7 nitrogen and oxygen atoms in total. The van der Waals surface area contributed by atoms with Crippen molar-refractivity contribution >= 4 is 34.2 Å². The Morgan fingerprint density at radius 2 is 1.91 bits per heavy atom. The zero-order valence-corrected chi connectivity index (χ0v) is 18.8. The van der Waals surface area contributed by atoms with E-state index in [0.29, 0.717) is 40.4 Å². The number of amidine groups is 1. The van der Waals surface area contributed by atoms with Crippen molar-refractivity contribution in [2.75, 3.05) is 10.8 Å². The Balaban J connectivity index is 1.37. The van der Waals surface area contributed by atoms with Gasteiger partial charge in [0, 0.05) is 23.9 Å². The summed E-state index contributed by atoms with van der Waals surface area (Å²) in [5.41, 5.74) is 4.39. The van der Waals surface area contributed by atoms with Crippen molar-refractivity contribution in [3.05, 3.63) is 76.4 Å². The quantitative estimate of drug-likeness (QED) is 0.555. The van der Waals surface area contributed by atoms with Crippen LogP contribution in [-0.2, 0) is 28.4 Å². The second-order valence-corrected chi connectivity index (χ2v) is 9.37. The number of hydroxylamine groups is 1. The second-order valence-electron chi connectivity index (χ2n) is 7.55. The summed E-state index contributed by atoms with van der Waals surface area (Å²) in [5.74, 6) is 0.811. The maximum Gasteiger partial charge on any atom is 0.416 e. The maximum absolute atomic E-state index is 13.3. The molecule has 0 saturated heterocycles. The summed E-state index contributed by atoms with van der Waals surface area (Å²) in [7, 11) is -1.59. The van der Waals surface area contributed by atoms with E-state index in [1.54, 1.807) is 28.7 Å². The van der Waals surface area contributed by atoms with Gasteiger partial charge in [-0.2, -0.15) is 13.2 Å². The fourth-order valence-electron chi connectivity index (χ4n) is 3.73. The summed E-state index contributed by atoms with van der Waals surface area (Å²) in [5, 5.41) is 9.62. The lowest BCUT2D eigenvalue weighted by molar-refractivity contribution is -0.137. The number of alkyl halides is 3. The Morgan fingerprint density at radius 3 is 2.56 bits per heavy atom. The summed E-state index contributed by atoms with van der Waals surface area (Å²) in [4.78, 5) is 13.5. The van der Waals surface area contributed by atoms with Crippen molar-refractivity contribution in [2.45, 2.75) is 23.9 Å². The normalized spacial score (nSPS) is 18.4. The number of hydrogen-bond donors (Lipinski definition) is 2. The van der Waals surface area contributed by atoms with Gasteiger partial charge in [0.1, 0.15) is 5.82 Å². The highest BCUT2D eigenvalue weighted by atomic mass is 35.5. The highest BCUT2D eigenvalue weighted by Gasteiger charge is 2.30. The van der Waals surface area contributed by atoms with Crippen LogP contribution in [0.15, 0.2) is 64.6 Å². The number of benzene rings is 2. The van der Waals surface area contributed by atoms with E-state index in [9.17, 15) is 22.5 Å². The molecule has 0 saturated carbocycles. The van der Waals surface area contributed by atoms with Gasteiger partial charge in [-0.3, -0.25) is 4.31 Å². The van der Waals surface area contributed by atoms with Crippen molar-refractivity contribution in [3.8, 4) is 11.1 Å². The minimum absolute atomic E-state index is 0.263. The van der Waals surface area contributed by atoms with Crippen LogP contribution in [0.25, 0.3) is 11.1 Å². The molecule has 0 amide bonds. The summed E-state index contributed by atoms with van der Waals surface area (Å²) in [6, 6.07) is 11.6. The number of aliphatic hydroxyl groups excluding tert-OH is 1. The topological polar surface area (TPSA) is 87.0 Å². The van der Waals surface area contributed by atoms with E-state index in [0.717, 1.165) is 17.7 Å². The molecule has 0 aliphatic carbocycles. The first-order chi connectivity index (χ1) is 16.2. The zero-order chi connectivity index (χ0) is 24.0. The Kier molecular flexibility index (Phi) is 5.80. The number of pyridine rings is 1. The molecule has 1 aromatic heterocycles. The maximum atomic E-state index is 13.3. The molecule has 2 aliphatic heterocycles. The van der Waals surface area contributed by atoms with Crippen LogP contribution in [0.4, 0.5) is 19.0 Å². The van der Waals surface area contributed by atoms with Crippen LogP contribution in [-0.4, -0.2) is 33.1 Å². The molecule has 2 aromatic carbocycles. The molecule has 0 bridgehead atoms. The predicted octanol–water partition coefficient (Wildman–Crippen LogP) is 4.06. The van der Waals surface area contributed by atoms with Crippen LogP contribution in [0.2, 0.25) is 5.02 Å². The predicted molar refractivity (Wildman–Crippen MR) is 120 cm³/mol. The van der Waals surface area contributed by atoms with Gasteiger partial charge in [0.25, 0.3) is 6.41 Å². The van der Waals surface area contributed by atoms with Gasteiger partial charge in [-0.1, -0.05) is 23.7 Å². The molecule has 0 radical (unpaired) electrons. The Morgan fingerprint density at radius 1 is 1.15 bits per heavy atom. The van der Waals surface area contributed by atoms with Gasteiger partial charge in [0.15, 0.2) is 16.8 Å². The number of hydrogen-bond acceptors (Lipinski definition) is 6. The van der Waals surface area contributed by atoms with Crippen molar-refractivity contribution < 1.29 is 27.3 Å². The number of anilines is 1. The third-order valence-corrected chi connectivity index (χ3v) is 7.13. The monoisotopic (exact) mass is 508 g/mol. The first-order valence-corrected chi connectivity index (χ1v) is 11.5. The molecule has 2 unspecified atom stereocenters. The molecule has 5 rings (SSSR count). The lowest BCUT2D eigenvalue weighted by Gasteiger charge is -2.18. The standard InChI is InChI=1S/C22H16ClF3N4O3S/c23-18-10-16(5-6-17(18)19-28-21(31)33-29-19)34(32)30-8-7-13-9-14(11-27-20(13)30)12-1-3-15(4-2-12)22(24,25)26/h1-6,9-11,21,31H,7-8H2,(H,28,29). The Hall–Kier alpha value is -2.99. The van der Waals surface area contributed by atoms with Crippen molar-refractivity contribution in [1.29, 1.82) is 0 Å². The van der Waals surface area contributed by atoms with Gasteiger partial charge in [0.2, 0.25) is 0 Å². The third kappa shape index (κ3) is 4.27. The van der Waals surface area contributed by atoms with Crippen molar-refractivity contribution in [2.24, 2.45) is 4.99 Å². The number of aliphatic imine (C=N–C) groups is 1. The minimum Gasteiger partial charge on any atom is -0.348 e. The molecule has 2 atom stereocenters. The van der Waals surface area contributed by atoms with Crippen molar-refractivity contribution in [3.63, 3.8) is 0 Å². The number of aromatic nitrogens is 1. The zero-order valence-electron chi connectivity index (χ0n) is 17.2. The summed E-state index contributed by atoms with van der Waals surface area (Å²) in [6.07, 6.45) is -3.57. The molecule has 12 heteroatoms. The van der Waals surface area contributed by atoms with Crippen LogP contribution >= 0.6 is 11.6 Å². The van der Waals surface area contributed by atoms with Gasteiger partial charge in [-0.05, 0) is 53.9 Å². The lowest BCUT2D eigenvalue weighted by Crippen LogP contribution is -2.24. The number of nitrogens with zero attached hydrogens (tertiary/aromatic N) is 3. The van der Waals surface area contributed by atoms with E-state index in [2.05, 4.69) is 15.5 Å². The average Bonchev–Trinajstić information content (AvgIpc) is 3.43. The molecule has 0 spiro atoms. The fraction of sp³-hybridized carbons (Fsp3) is 0.182.